The quantitative estimate of drug-likeness (QED) is 0.687. The Kier molecular flexibility index (Phi) is 3.77. The molecule has 0 amide bonds. The van der Waals surface area contributed by atoms with Gasteiger partial charge in [0, 0.05) is 18.9 Å². The standard InChI is InChI=1S/C10H12N6O/c17-6-5-12-8-2-4-13-10(15-8)16-9-1-3-11-7-14-9/h1-4,7,17H,5-6H2,(H2,11,12,13,14,15,16). The first-order chi connectivity index (χ1) is 8.38. The number of nitrogens with one attached hydrogen (secondary N) is 2. The van der Waals surface area contributed by atoms with Gasteiger partial charge in [-0.1, -0.05) is 0 Å². The van der Waals surface area contributed by atoms with E-state index in [9.17, 15) is 0 Å². The summed E-state index contributed by atoms with van der Waals surface area (Å²) in [7, 11) is 0. The first-order valence-corrected chi connectivity index (χ1v) is 5.09. The Labute approximate surface area is 98.0 Å². The third-order valence-electron chi connectivity index (χ3n) is 1.90. The summed E-state index contributed by atoms with van der Waals surface area (Å²) in [6.45, 7) is 0.503. The van der Waals surface area contributed by atoms with Crippen LogP contribution in [-0.4, -0.2) is 38.2 Å². The van der Waals surface area contributed by atoms with E-state index in [1.807, 2.05) is 0 Å². The van der Waals surface area contributed by atoms with E-state index >= 15 is 0 Å². The topological polar surface area (TPSA) is 95.8 Å². The molecule has 3 N–H and O–H groups in total. The molecule has 0 aliphatic rings. The lowest BCUT2D eigenvalue weighted by Gasteiger charge is -2.06. The Balaban J connectivity index is 2.06. The van der Waals surface area contributed by atoms with E-state index in [2.05, 4.69) is 30.6 Å². The zero-order valence-corrected chi connectivity index (χ0v) is 9.04. The van der Waals surface area contributed by atoms with Crippen LogP contribution in [-0.2, 0) is 0 Å². The van der Waals surface area contributed by atoms with Gasteiger partial charge < -0.3 is 15.7 Å². The fraction of sp³-hybridized carbons (Fsp3) is 0.200. The van der Waals surface area contributed by atoms with Crippen molar-refractivity contribution in [3.05, 3.63) is 30.9 Å². The molecule has 0 aliphatic heterocycles. The Bertz CT molecular complexity index is 463. The van der Waals surface area contributed by atoms with Gasteiger partial charge in [0.25, 0.3) is 0 Å². The van der Waals surface area contributed by atoms with Gasteiger partial charge >= 0.3 is 0 Å². The molecule has 88 valence electrons. The molecule has 0 unspecified atom stereocenters. The largest absolute Gasteiger partial charge is 0.395 e. The molecule has 0 aromatic carbocycles. The Morgan fingerprint density at radius 3 is 2.76 bits per heavy atom. The third kappa shape index (κ3) is 3.35. The van der Waals surface area contributed by atoms with E-state index in [1.165, 1.54) is 6.33 Å². The van der Waals surface area contributed by atoms with E-state index in [-0.39, 0.29) is 6.61 Å². The maximum Gasteiger partial charge on any atom is 0.230 e. The van der Waals surface area contributed by atoms with Crippen LogP contribution in [0.2, 0.25) is 0 Å². The van der Waals surface area contributed by atoms with Gasteiger partial charge in [-0.2, -0.15) is 4.98 Å². The molecular formula is C10H12N6O. The molecule has 7 heteroatoms. The summed E-state index contributed by atoms with van der Waals surface area (Å²) in [5.74, 6) is 1.71. The average Bonchev–Trinajstić information content (AvgIpc) is 2.38. The third-order valence-corrected chi connectivity index (χ3v) is 1.90. The van der Waals surface area contributed by atoms with E-state index in [4.69, 9.17) is 5.11 Å². The van der Waals surface area contributed by atoms with Crippen LogP contribution in [0.15, 0.2) is 30.9 Å². The minimum Gasteiger partial charge on any atom is -0.395 e. The lowest BCUT2D eigenvalue weighted by Crippen LogP contribution is -2.08. The van der Waals surface area contributed by atoms with Gasteiger partial charge in [-0.15, -0.1) is 0 Å². The van der Waals surface area contributed by atoms with Crippen LogP contribution in [0.3, 0.4) is 0 Å². The number of aliphatic hydroxyl groups is 1. The zero-order chi connectivity index (χ0) is 11.9. The predicted octanol–water partition coefficient (Wildman–Crippen LogP) is 0.414. The van der Waals surface area contributed by atoms with Gasteiger partial charge in [-0.25, -0.2) is 15.0 Å². The Morgan fingerprint density at radius 2 is 2.00 bits per heavy atom. The van der Waals surface area contributed by atoms with Crippen molar-refractivity contribution in [1.29, 1.82) is 0 Å². The molecule has 0 bridgehead atoms. The van der Waals surface area contributed by atoms with Crippen LogP contribution in [0.5, 0.6) is 0 Å². The molecule has 0 spiro atoms. The van der Waals surface area contributed by atoms with Crippen LogP contribution >= 0.6 is 0 Å². The van der Waals surface area contributed by atoms with Crippen LogP contribution in [0.25, 0.3) is 0 Å². The second kappa shape index (κ2) is 5.71. The fourth-order valence-corrected chi connectivity index (χ4v) is 1.18. The van der Waals surface area contributed by atoms with Crippen molar-refractivity contribution in [2.24, 2.45) is 0 Å². The number of hydrogen-bond acceptors (Lipinski definition) is 7. The van der Waals surface area contributed by atoms with Crippen molar-refractivity contribution in [3.8, 4) is 0 Å². The number of nitrogens with zero attached hydrogens (tertiary/aromatic N) is 4. The number of anilines is 3. The van der Waals surface area contributed by atoms with Crippen molar-refractivity contribution in [2.45, 2.75) is 0 Å². The fourth-order valence-electron chi connectivity index (χ4n) is 1.18. The predicted molar refractivity (Wildman–Crippen MR) is 62.9 cm³/mol. The molecule has 0 saturated carbocycles. The molecular weight excluding hydrogens is 220 g/mol. The molecule has 17 heavy (non-hydrogen) atoms. The second-order valence-corrected chi connectivity index (χ2v) is 3.14. The number of rotatable bonds is 5. The van der Waals surface area contributed by atoms with Crippen LogP contribution < -0.4 is 10.6 Å². The smallest absolute Gasteiger partial charge is 0.230 e. The first kappa shape index (κ1) is 11.2. The maximum atomic E-state index is 8.69. The van der Waals surface area contributed by atoms with Crippen molar-refractivity contribution >= 4 is 17.6 Å². The molecule has 2 aromatic heterocycles. The molecule has 7 nitrogen and oxygen atoms in total. The van der Waals surface area contributed by atoms with Gasteiger partial charge in [0.1, 0.15) is 18.0 Å². The molecule has 2 heterocycles. The van der Waals surface area contributed by atoms with Gasteiger partial charge in [0.05, 0.1) is 6.61 Å². The van der Waals surface area contributed by atoms with Crippen molar-refractivity contribution in [3.63, 3.8) is 0 Å². The second-order valence-electron chi connectivity index (χ2n) is 3.14. The summed E-state index contributed by atoms with van der Waals surface area (Å²) in [6, 6.07) is 3.44. The highest BCUT2D eigenvalue weighted by Crippen LogP contribution is 2.10. The van der Waals surface area contributed by atoms with Crippen molar-refractivity contribution < 1.29 is 5.11 Å². The Morgan fingerprint density at radius 1 is 1.12 bits per heavy atom. The molecule has 0 radical (unpaired) electrons. The molecule has 0 atom stereocenters. The number of aromatic nitrogens is 4. The SMILES string of the molecule is OCCNc1ccnc(Nc2ccncn2)n1. The molecule has 2 rings (SSSR count). The summed E-state index contributed by atoms with van der Waals surface area (Å²) >= 11 is 0. The highest BCUT2D eigenvalue weighted by atomic mass is 16.3. The summed E-state index contributed by atoms with van der Waals surface area (Å²) < 4.78 is 0. The molecule has 0 saturated heterocycles. The molecule has 2 aromatic rings. The van der Waals surface area contributed by atoms with E-state index in [0.717, 1.165) is 0 Å². The van der Waals surface area contributed by atoms with Gasteiger partial charge in [0.15, 0.2) is 0 Å². The Hall–Kier alpha value is -2.28. The average molecular weight is 232 g/mol. The highest BCUT2D eigenvalue weighted by molar-refractivity contribution is 5.49. The van der Waals surface area contributed by atoms with Crippen LogP contribution in [0, 0.1) is 0 Å². The summed E-state index contributed by atoms with van der Waals surface area (Å²) in [5.41, 5.74) is 0. The number of hydrogen-bond donors (Lipinski definition) is 3. The lowest BCUT2D eigenvalue weighted by atomic mass is 10.5. The van der Waals surface area contributed by atoms with E-state index in [1.54, 1.807) is 24.5 Å². The van der Waals surface area contributed by atoms with Gasteiger partial charge in [-0.05, 0) is 12.1 Å². The highest BCUT2D eigenvalue weighted by Gasteiger charge is 1.99. The normalized spacial score (nSPS) is 9.94. The molecule has 0 fully saturated rings. The van der Waals surface area contributed by atoms with E-state index in [0.29, 0.717) is 24.1 Å². The minimum absolute atomic E-state index is 0.0542. The first-order valence-electron chi connectivity index (χ1n) is 5.09. The van der Waals surface area contributed by atoms with Crippen molar-refractivity contribution in [2.75, 3.05) is 23.8 Å². The maximum absolute atomic E-state index is 8.69. The lowest BCUT2D eigenvalue weighted by molar-refractivity contribution is 0.311. The van der Waals surface area contributed by atoms with Gasteiger partial charge in [-0.3, -0.25) is 0 Å². The van der Waals surface area contributed by atoms with Crippen molar-refractivity contribution in [1.82, 2.24) is 19.9 Å². The van der Waals surface area contributed by atoms with Crippen LogP contribution in [0.1, 0.15) is 0 Å². The zero-order valence-electron chi connectivity index (χ0n) is 9.04. The summed E-state index contributed by atoms with van der Waals surface area (Å²) in [6.07, 6.45) is 4.69. The van der Waals surface area contributed by atoms with Gasteiger partial charge in [0.2, 0.25) is 5.95 Å². The van der Waals surface area contributed by atoms with Crippen LogP contribution in [0.4, 0.5) is 17.6 Å². The monoisotopic (exact) mass is 232 g/mol. The molecule has 0 aliphatic carbocycles. The summed E-state index contributed by atoms with van der Waals surface area (Å²) in [5, 5.41) is 14.6. The summed E-state index contributed by atoms with van der Waals surface area (Å²) in [4.78, 5) is 16.1. The minimum atomic E-state index is 0.0542. The van der Waals surface area contributed by atoms with E-state index < -0.39 is 0 Å². The number of aliphatic hydroxyl groups excluding tert-OH is 1.